The molecule has 0 radical (unpaired) electrons. The molecular formula is C14H21FN2O. The van der Waals surface area contributed by atoms with Crippen LogP contribution in [0.1, 0.15) is 26.2 Å². The first-order valence-corrected chi connectivity index (χ1v) is 6.52. The van der Waals surface area contributed by atoms with Crippen LogP contribution in [0, 0.1) is 5.82 Å². The van der Waals surface area contributed by atoms with E-state index in [1.165, 1.54) is 18.9 Å². The van der Waals surface area contributed by atoms with E-state index in [1.54, 1.807) is 19.2 Å². The standard InChI is InChI=1S/C14H21FN2O/c1-10(8-11-4-3-7-16-11)17-14-9-12(18-2)5-6-13(14)15/h5-6,9-11,16-17H,3-4,7-8H2,1-2H3. The van der Waals surface area contributed by atoms with E-state index in [4.69, 9.17) is 4.74 Å². The van der Waals surface area contributed by atoms with E-state index in [0.717, 1.165) is 13.0 Å². The van der Waals surface area contributed by atoms with Gasteiger partial charge in [0.2, 0.25) is 0 Å². The van der Waals surface area contributed by atoms with Crippen molar-refractivity contribution in [2.75, 3.05) is 19.0 Å². The van der Waals surface area contributed by atoms with Gasteiger partial charge in [-0.3, -0.25) is 0 Å². The van der Waals surface area contributed by atoms with Crippen molar-refractivity contribution < 1.29 is 9.13 Å². The van der Waals surface area contributed by atoms with Crippen molar-refractivity contribution >= 4 is 5.69 Å². The highest BCUT2D eigenvalue weighted by atomic mass is 19.1. The number of hydrogen-bond acceptors (Lipinski definition) is 3. The Labute approximate surface area is 108 Å². The molecule has 1 aromatic carbocycles. The molecule has 100 valence electrons. The summed E-state index contributed by atoms with van der Waals surface area (Å²) in [5.41, 5.74) is 0.514. The van der Waals surface area contributed by atoms with Gasteiger partial charge in [0.15, 0.2) is 0 Å². The molecule has 1 heterocycles. The Balaban J connectivity index is 1.94. The number of ether oxygens (including phenoxy) is 1. The molecule has 0 bridgehead atoms. The van der Waals surface area contributed by atoms with Gasteiger partial charge in [-0.05, 0) is 44.9 Å². The number of nitrogens with one attached hydrogen (secondary N) is 2. The van der Waals surface area contributed by atoms with Crippen molar-refractivity contribution in [3.05, 3.63) is 24.0 Å². The highest BCUT2D eigenvalue weighted by molar-refractivity contribution is 5.50. The smallest absolute Gasteiger partial charge is 0.146 e. The van der Waals surface area contributed by atoms with Crippen molar-refractivity contribution in [2.45, 2.75) is 38.3 Å². The zero-order chi connectivity index (χ0) is 13.0. The second-order valence-corrected chi connectivity index (χ2v) is 4.92. The first-order valence-electron chi connectivity index (χ1n) is 6.52. The van der Waals surface area contributed by atoms with Gasteiger partial charge < -0.3 is 15.4 Å². The topological polar surface area (TPSA) is 33.3 Å². The number of halogens is 1. The molecule has 4 heteroatoms. The third kappa shape index (κ3) is 3.35. The fourth-order valence-corrected chi connectivity index (χ4v) is 2.45. The number of methoxy groups -OCH3 is 1. The first kappa shape index (κ1) is 13.1. The van der Waals surface area contributed by atoms with Gasteiger partial charge in [-0.1, -0.05) is 0 Å². The zero-order valence-corrected chi connectivity index (χ0v) is 11.0. The number of rotatable bonds is 5. The summed E-state index contributed by atoms with van der Waals surface area (Å²) in [5.74, 6) is 0.437. The minimum Gasteiger partial charge on any atom is -0.497 e. The lowest BCUT2D eigenvalue weighted by molar-refractivity contribution is 0.414. The maximum Gasteiger partial charge on any atom is 0.146 e. The van der Waals surface area contributed by atoms with E-state index in [0.29, 0.717) is 17.5 Å². The molecule has 2 rings (SSSR count). The lowest BCUT2D eigenvalue weighted by Gasteiger charge is -2.20. The summed E-state index contributed by atoms with van der Waals surface area (Å²) in [5, 5.41) is 6.67. The molecule has 1 aromatic rings. The van der Waals surface area contributed by atoms with Crippen molar-refractivity contribution in [3.8, 4) is 5.75 Å². The fourth-order valence-electron chi connectivity index (χ4n) is 2.45. The summed E-state index contributed by atoms with van der Waals surface area (Å²) in [6.45, 7) is 3.18. The van der Waals surface area contributed by atoms with Crippen LogP contribution >= 0.6 is 0 Å². The third-order valence-corrected chi connectivity index (χ3v) is 3.38. The van der Waals surface area contributed by atoms with Crippen LogP contribution in [0.25, 0.3) is 0 Å². The van der Waals surface area contributed by atoms with Crippen molar-refractivity contribution in [1.82, 2.24) is 5.32 Å². The Morgan fingerprint density at radius 2 is 2.39 bits per heavy atom. The highest BCUT2D eigenvalue weighted by Crippen LogP contribution is 2.23. The number of hydrogen-bond donors (Lipinski definition) is 2. The Kier molecular flexibility index (Phi) is 4.42. The second-order valence-electron chi connectivity index (χ2n) is 4.92. The first-order chi connectivity index (χ1) is 8.69. The predicted octanol–water partition coefficient (Wildman–Crippen LogP) is 2.78. The summed E-state index contributed by atoms with van der Waals surface area (Å²) >= 11 is 0. The van der Waals surface area contributed by atoms with Gasteiger partial charge in [-0.25, -0.2) is 4.39 Å². The van der Waals surface area contributed by atoms with E-state index in [1.807, 2.05) is 0 Å². The Hall–Kier alpha value is -1.29. The van der Waals surface area contributed by atoms with Crippen LogP contribution in [0.2, 0.25) is 0 Å². The summed E-state index contributed by atoms with van der Waals surface area (Å²) in [7, 11) is 1.59. The van der Waals surface area contributed by atoms with E-state index in [-0.39, 0.29) is 11.9 Å². The second kappa shape index (κ2) is 6.05. The van der Waals surface area contributed by atoms with Gasteiger partial charge in [-0.15, -0.1) is 0 Å². The molecule has 0 saturated carbocycles. The van der Waals surface area contributed by atoms with Gasteiger partial charge in [0, 0.05) is 18.2 Å². The van der Waals surface area contributed by atoms with Crippen LogP contribution in [-0.4, -0.2) is 25.7 Å². The molecular weight excluding hydrogens is 231 g/mol. The van der Waals surface area contributed by atoms with Crippen molar-refractivity contribution in [1.29, 1.82) is 0 Å². The molecule has 2 atom stereocenters. The van der Waals surface area contributed by atoms with Crippen LogP contribution in [-0.2, 0) is 0 Å². The third-order valence-electron chi connectivity index (χ3n) is 3.38. The van der Waals surface area contributed by atoms with Crippen molar-refractivity contribution in [3.63, 3.8) is 0 Å². The molecule has 1 fully saturated rings. The van der Waals surface area contributed by atoms with Crippen molar-refractivity contribution in [2.24, 2.45) is 0 Å². The summed E-state index contributed by atoms with van der Waals surface area (Å²) in [4.78, 5) is 0. The highest BCUT2D eigenvalue weighted by Gasteiger charge is 2.17. The van der Waals surface area contributed by atoms with Gasteiger partial charge in [-0.2, -0.15) is 0 Å². The minimum atomic E-state index is -0.234. The monoisotopic (exact) mass is 252 g/mol. The number of benzene rings is 1. The lowest BCUT2D eigenvalue weighted by atomic mass is 10.1. The molecule has 1 aliphatic rings. The molecule has 0 spiro atoms. The molecule has 0 aromatic heterocycles. The molecule has 1 saturated heterocycles. The average Bonchev–Trinajstić information content (AvgIpc) is 2.84. The maximum atomic E-state index is 13.6. The lowest BCUT2D eigenvalue weighted by Crippen LogP contribution is -2.29. The SMILES string of the molecule is COc1ccc(F)c(NC(C)CC2CCCN2)c1. The van der Waals surface area contributed by atoms with Crippen LogP contribution in [0.4, 0.5) is 10.1 Å². The normalized spacial score (nSPS) is 20.7. The molecule has 18 heavy (non-hydrogen) atoms. The van der Waals surface area contributed by atoms with Crippen LogP contribution in [0.3, 0.4) is 0 Å². The maximum absolute atomic E-state index is 13.6. The Morgan fingerprint density at radius 3 is 3.06 bits per heavy atom. The summed E-state index contributed by atoms with van der Waals surface area (Å²) in [6.07, 6.45) is 3.47. The van der Waals surface area contributed by atoms with Gasteiger partial charge in [0.05, 0.1) is 12.8 Å². The Morgan fingerprint density at radius 1 is 1.56 bits per heavy atom. The van der Waals surface area contributed by atoms with E-state index in [2.05, 4.69) is 17.6 Å². The zero-order valence-electron chi connectivity index (χ0n) is 11.0. The largest absolute Gasteiger partial charge is 0.497 e. The quantitative estimate of drug-likeness (QED) is 0.845. The summed E-state index contributed by atoms with van der Waals surface area (Å²) < 4.78 is 18.8. The molecule has 2 unspecified atom stereocenters. The van der Waals surface area contributed by atoms with Crippen LogP contribution in [0.5, 0.6) is 5.75 Å². The van der Waals surface area contributed by atoms with E-state index >= 15 is 0 Å². The summed E-state index contributed by atoms with van der Waals surface area (Å²) in [6, 6.07) is 5.56. The van der Waals surface area contributed by atoms with E-state index < -0.39 is 0 Å². The van der Waals surface area contributed by atoms with Crippen LogP contribution < -0.4 is 15.4 Å². The van der Waals surface area contributed by atoms with Crippen LogP contribution in [0.15, 0.2) is 18.2 Å². The minimum absolute atomic E-state index is 0.234. The fraction of sp³-hybridized carbons (Fsp3) is 0.571. The molecule has 0 amide bonds. The molecule has 0 aliphatic carbocycles. The number of anilines is 1. The van der Waals surface area contributed by atoms with E-state index in [9.17, 15) is 4.39 Å². The average molecular weight is 252 g/mol. The van der Waals surface area contributed by atoms with Gasteiger partial charge in [0.1, 0.15) is 11.6 Å². The van der Waals surface area contributed by atoms with Gasteiger partial charge in [0.25, 0.3) is 0 Å². The molecule has 2 N–H and O–H groups in total. The Bertz CT molecular complexity index is 391. The molecule has 3 nitrogen and oxygen atoms in total. The predicted molar refractivity (Wildman–Crippen MR) is 71.7 cm³/mol. The molecule has 1 aliphatic heterocycles. The van der Waals surface area contributed by atoms with Gasteiger partial charge >= 0.3 is 0 Å².